The summed E-state index contributed by atoms with van der Waals surface area (Å²) in [5.41, 5.74) is 0.467. The number of imidazole rings is 1. The van der Waals surface area contributed by atoms with Gasteiger partial charge in [0.05, 0.1) is 12.6 Å². The second-order valence-electron chi connectivity index (χ2n) is 6.27. The Kier molecular flexibility index (Phi) is 5.17. The Labute approximate surface area is 156 Å². The number of para-hydroxylation sites is 1. The Balaban J connectivity index is 1.44. The van der Waals surface area contributed by atoms with Gasteiger partial charge < -0.3 is 14.4 Å². The van der Waals surface area contributed by atoms with Crippen molar-refractivity contribution in [1.82, 2.24) is 14.3 Å². The first-order valence-corrected chi connectivity index (χ1v) is 9.68. The molecule has 0 bridgehead atoms. The van der Waals surface area contributed by atoms with Crippen molar-refractivity contribution in [3.63, 3.8) is 0 Å². The lowest BCUT2D eigenvalue weighted by Gasteiger charge is -2.24. The topological polar surface area (TPSA) is 56.1 Å². The molecule has 1 fully saturated rings. The normalized spacial score (nSPS) is 16.8. The Morgan fingerprint density at radius 3 is 3.04 bits per heavy atom. The number of thiazole rings is 1. The predicted octanol–water partition coefficient (Wildman–Crippen LogP) is 3.10. The maximum absolute atomic E-state index is 13.0. The standard InChI is InChI=1S/C19H21N3O3S/c23-18(17-14-22-9-12-26-19(22)20-17)21(13-16-7-4-10-24-16)8-11-25-15-5-2-1-3-6-15/h1-3,5-6,9,12,14,16H,4,7-8,10-11,13H2. The predicted molar refractivity (Wildman–Crippen MR) is 99.9 cm³/mol. The van der Waals surface area contributed by atoms with E-state index in [2.05, 4.69) is 4.98 Å². The van der Waals surface area contributed by atoms with Gasteiger partial charge in [-0.2, -0.15) is 0 Å². The van der Waals surface area contributed by atoms with Gasteiger partial charge in [0.1, 0.15) is 18.1 Å². The first-order valence-electron chi connectivity index (χ1n) is 8.80. The molecular weight excluding hydrogens is 350 g/mol. The van der Waals surface area contributed by atoms with Crippen LogP contribution in [0.5, 0.6) is 5.75 Å². The molecule has 6 nitrogen and oxygen atoms in total. The molecule has 0 aliphatic carbocycles. The number of benzene rings is 1. The Hall–Kier alpha value is -2.38. The summed E-state index contributed by atoms with van der Waals surface area (Å²) in [6.45, 7) is 2.28. The number of fused-ring (bicyclic) bond motifs is 1. The minimum absolute atomic E-state index is 0.0759. The number of hydrogen-bond acceptors (Lipinski definition) is 5. The lowest BCUT2D eigenvalue weighted by molar-refractivity contribution is 0.0490. The van der Waals surface area contributed by atoms with Gasteiger partial charge in [0.2, 0.25) is 0 Å². The minimum atomic E-state index is -0.0759. The van der Waals surface area contributed by atoms with E-state index in [1.165, 1.54) is 11.3 Å². The summed E-state index contributed by atoms with van der Waals surface area (Å²) in [5, 5.41) is 1.95. The number of ether oxygens (including phenoxy) is 2. The fourth-order valence-corrected chi connectivity index (χ4v) is 3.79. The molecule has 3 heterocycles. The lowest BCUT2D eigenvalue weighted by atomic mass is 10.2. The Bertz CT molecular complexity index is 827. The molecule has 1 atom stereocenters. The van der Waals surface area contributed by atoms with E-state index in [0.717, 1.165) is 30.2 Å². The fourth-order valence-electron chi connectivity index (χ4n) is 3.09. The summed E-state index contributed by atoms with van der Waals surface area (Å²) in [6, 6.07) is 9.64. The third kappa shape index (κ3) is 3.89. The molecule has 3 aromatic rings. The summed E-state index contributed by atoms with van der Waals surface area (Å²) >= 11 is 1.52. The van der Waals surface area contributed by atoms with Gasteiger partial charge in [0.25, 0.3) is 5.91 Å². The van der Waals surface area contributed by atoms with Gasteiger partial charge in [0.15, 0.2) is 4.96 Å². The van der Waals surface area contributed by atoms with Gasteiger partial charge in [0, 0.05) is 30.9 Å². The van der Waals surface area contributed by atoms with E-state index in [0.29, 0.717) is 25.4 Å². The fraction of sp³-hybridized carbons (Fsp3) is 0.368. The summed E-state index contributed by atoms with van der Waals surface area (Å²) < 4.78 is 13.4. The molecular formula is C19H21N3O3S. The largest absolute Gasteiger partial charge is 0.492 e. The van der Waals surface area contributed by atoms with Crippen LogP contribution in [0.4, 0.5) is 0 Å². The van der Waals surface area contributed by atoms with Crippen LogP contribution >= 0.6 is 11.3 Å². The second-order valence-corrected chi connectivity index (χ2v) is 7.14. The van der Waals surface area contributed by atoms with Crippen molar-refractivity contribution in [1.29, 1.82) is 0 Å². The van der Waals surface area contributed by atoms with Crippen LogP contribution in [-0.2, 0) is 4.74 Å². The van der Waals surface area contributed by atoms with Crippen LogP contribution in [0, 0.1) is 0 Å². The molecule has 7 heteroatoms. The highest BCUT2D eigenvalue weighted by Crippen LogP contribution is 2.17. The number of carbonyl (C=O) groups is 1. The van der Waals surface area contributed by atoms with E-state index in [1.807, 2.05) is 46.3 Å². The number of hydrogen-bond donors (Lipinski definition) is 0. The quantitative estimate of drug-likeness (QED) is 0.640. The van der Waals surface area contributed by atoms with E-state index in [1.54, 1.807) is 11.1 Å². The van der Waals surface area contributed by atoms with Crippen molar-refractivity contribution in [2.75, 3.05) is 26.3 Å². The van der Waals surface area contributed by atoms with Crippen LogP contribution in [0.15, 0.2) is 48.1 Å². The van der Waals surface area contributed by atoms with Crippen LogP contribution in [-0.4, -0.2) is 52.6 Å². The molecule has 1 amide bonds. The molecule has 4 rings (SSSR count). The molecule has 1 aliphatic rings. The average molecular weight is 371 g/mol. The SMILES string of the molecule is O=C(c1cn2ccsc2n1)N(CCOc1ccccc1)CC1CCCO1. The Morgan fingerprint density at radius 1 is 1.38 bits per heavy atom. The number of carbonyl (C=O) groups excluding carboxylic acids is 1. The van der Waals surface area contributed by atoms with Crippen molar-refractivity contribution < 1.29 is 14.3 Å². The number of aromatic nitrogens is 2. The number of rotatable bonds is 7. The monoisotopic (exact) mass is 371 g/mol. The highest BCUT2D eigenvalue weighted by Gasteiger charge is 2.25. The van der Waals surface area contributed by atoms with Crippen molar-refractivity contribution in [2.24, 2.45) is 0 Å². The van der Waals surface area contributed by atoms with E-state index in [-0.39, 0.29) is 12.0 Å². The van der Waals surface area contributed by atoms with Gasteiger partial charge >= 0.3 is 0 Å². The molecule has 26 heavy (non-hydrogen) atoms. The minimum Gasteiger partial charge on any atom is -0.492 e. The van der Waals surface area contributed by atoms with Crippen LogP contribution in [0.2, 0.25) is 0 Å². The van der Waals surface area contributed by atoms with Crippen LogP contribution in [0.3, 0.4) is 0 Å². The van der Waals surface area contributed by atoms with Crippen molar-refractivity contribution in [3.05, 3.63) is 53.8 Å². The third-order valence-electron chi connectivity index (χ3n) is 4.42. The molecule has 0 spiro atoms. The average Bonchev–Trinajstić information content (AvgIpc) is 3.38. The third-order valence-corrected chi connectivity index (χ3v) is 5.19. The zero-order valence-electron chi connectivity index (χ0n) is 14.4. The zero-order valence-corrected chi connectivity index (χ0v) is 15.2. The van der Waals surface area contributed by atoms with Crippen LogP contribution in [0.25, 0.3) is 4.96 Å². The number of nitrogens with zero attached hydrogens (tertiary/aromatic N) is 3. The van der Waals surface area contributed by atoms with E-state index in [9.17, 15) is 4.79 Å². The van der Waals surface area contributed by atoms with Crippen molar-refractivity contribution in [2.45, 2.75) is 18.9 Å². The van der Waals surface area contributed by atoms with E-state index in [4.69, 9.17) is 9.47 Å². The first kappa shape index (κ1) is 17.1. The molecule has 1 aliphatic heterocycles. The first-order chi connectivity index (χ1) is 12.8. The highest BCUT2D eigenvalue weighted by molar-refractivity contribution is 7.15. The summed E-state index contributed by atoms with van der Waals surface area (Å²) in [6.07, 6.45) is 5.83. The summed E-state index contributed by atoms with van der Waals surface area (Å²) in [4.78, 5) is 20.1. The van der Waals surface area contributed by atoms with Crippen molar-refractivity contribution in [3.8, 4) is 5.75 Å². The zero-order chi connectivity index (χ0) is 17.8. The van der Waals surface area contributed by atoms with Crippen molar-refractivity contribution >= 4 is 22.2 Å². The smallest absolute Gasteiger partial charge is 0.274 e. The molecule has 2 aromatic heterocycles. The van der Waals surface area contributed by atoms with Crippen LogP contribution in [0.1, 0.15) is 23.3 Å². The molecule has 1 aromatic carbocycles. The summed E-state index contributed by atoms with van der Waals surface area (Å²) in [7, 11) is 0. The Morgan fingerprint density at radius 2 is 2.27 bits per heavy atom. The lowest BCUT2D eigenvalue weighted by Crippen LogP contribution is -2.40. The van der Waals surface area contributed by atoms with Gasteiger partial charge in [-0.1, -0.05) is 18.2 Å². The molecule has 136 valence electrons. The second kappa shape index (κ2) is 7.88. The molecule has 1 unspecified atom stereocenters. The maximum Gasteiger partial charge on any atom is 0.274 e. The van der Waals surface area contributed by atoms with E-state index >= 15 is 0 Å². The maximum atomic E-state index is 13.0. The van der Waals surface area contributed by atoms with E-state index < -0.39 is 0 Å². The highest BCUT2D eigenvalue weighted by atomic mass is 32.1. The molecule has 0 radical (unpaired) electrons. The molecule has 0 saturated carbocycles. The molecule has 1 saturated heterocycles. The van der Waals surface area contributed by atoms with Gasteiger partial charge in [-0.3, -0.25) is 9.20 Å². The van der Waals surface area contributed by atoms with Gasteiger partial charge in [-0.25, -0.2) is 4.98 Å². The summed E-state index contributed by atoms with van der Waals surface area (Å²) in [5.74, 6) is 0.729. The van der Waals surface area contributed by atoms with Crippen LogP contribution < -0.4 is 4.74 Å². The number of amides is 1. The van der Waals surface area contributed by atoms with Gasteiger partial charge in [-0.15, -0.1) is 11.3 Å². The molecule has 0 N–H and O–H groups in total. The van der Waals surface area contributed by atoms with Gasteiger partial charge in [-0.05, 0) is 25.0 Å².